The van der Waals surface area contributed by atoms with Crippen molar-refractivity contribution in [1.29, 1.82) is 0 Å². The van der Waals surface area contributed by atoms with Crippen LogP contribution in [0.5, 0.6) is 0 Å². The van der Waals surface area contributed by atoms with Gasteiger partial charge in [0.25, 0.3) is 5.96 Å². The van der Waals surface area contributed by atoms with Gasteiger partial charge in [-0.25, -0.2) is 15.1 Å². The molecule has 2 amide bonds. The van der Waals surface area contributed by atoms with Gasteiger partial charge in [0.15, 0.2) is 5.03 Å². The van der Waals surface area contributed by atoms with Gasteiger partial charge in [-0.2, -0.15) is 0 Å². The molecule has 7 N–H and O–H groups in total. The first-order chi connectivity index (χ1) is 15.5. The molecule has 1 rings (SSSR count). The molecule has 0 aromatic carbocycles. The molecule has 2 unspecified atom stereocenters. The van der Waals surface area contributed by atoms with E-state index in [1.807, 2.05) is 13.8 Å². The fourth-order valence-electron chi connectivity index (χ4n) is 3.83. The summed E-state index contributed by atoms with van der Waals surface area (Å²) in [5.41, 5.74) is 7.11. The Morgan fingerprint density at radius 1 is 1.30 bits per heavy atom. The Labute approximate surface area is 194 Å². The third kappa shape index (κ3) is 11.3. The molecule has 0 radical (unpaired) electrons. The molecule has 14 heteroatoms. The third-order valence-electron chi connectivity index (χ3n) is 5.51. The number of aliphatic imine (C=N–C) groups is 1. The summed E-state index contributed by atoms with van der Waals surface area (Å²) in [6, 6.07) is -0.936. The lowest BCUT2D eigenvalue weighted by Gasteiger charge is -2.29. The summed E-state index contributed by atoms with van der Waals surface area (Å²) in [4.78, 5) is 40.0. The predicted molar refractivity (Wildman–Crippen MR) is 122 cm³/mol. The fourth-order valence-corrected chi connectivity index (χ4v) is 3.83. The maximum Gasteiger partial charge on any atom is 0.475 e. The van der Waals surface area contributed by atoms with Crippen molar-refractivity contribution in [2.24, 2.45) is 22.6 Å². The number of methoxy groups -OCH3 is 1. The van der Waals surface area contributed by atoms with E-state index >= 15 is 0 Å². The zero-order valence-electron chi connectivity index (χ0n) is 19.5. The van der Waals surface area contributed by atoms with E-state index in [4.69, 9.17) is 10.5 Å². The van der Waals surface area contributed by atoms with Crippen molar-refractivity contribution in [2.45, 2.75) is 76.9 Å². The second-order valence-corrected chi connectivity index (χ2v) is 8.72. The van der Waals surface area contributed by atoms with Crippen molar-refractivity contribution in [3.63, 3.8) is 0 Å². The molecule has 1 saturated carbocycles. The van der Waals surface area contributed by atoms with Crippen molar-refractivity contribution in [2.75, 3.05) is 13.7 Å². The Bertz CT molecular complexity index is 679. The number of hydrogen-bond acceptors (Lipinski definition) is 8. The summed E-state index contributed by atoms with van der Waals surface area (Å²) in [5.74, 6) is -2.24. The Morgan fingerprint density at radius 3 is 2.58 bits per heavy atom. The number of nitro groups is 1. The minimum Gasteiger partial charge on any atom is -0.426 e. The van der Waals surface area contributed by atoms with Gasteiger partial charge >= 0.3 is 7.12 Å². The standard InChI is InChI=1S/C19H37BN6O7/c1-12(2)10-16(20(29)30)24-18(28)15(8-5-9-22-19(21)25-26(31)32)23-17(27)13-6-4-7-14(11-13)33-3/h12-16,29-30H,4-11H2,1-3H3,(H,23,27)(H,24,28)(H3,21,22,25)/t13?,14?,15-,16-/m0/s1. The monoisotopic (exact) mass is 472 g/mol. The zero-order chi connectivity index (χ0) is 25.0. The molecule has 13 nitrogen and oxygen atoms in total. The molecule has 4 atom stereocenters. The normalized spacial score (nSPS) is 20.6. The van der Waals surface area contributed by atoms with Gasteiger partial charge in [0.1, 0.15) is 6.04 Å². The number of hydrazine groups is 1. The van der Waals surface area contributed by atoms with Crippen molar-refractivity contribution in [3.05, 3.63) is 10.1 Å². The van der Waals surface area contributed by atoms with E-state index in [2.05, 4.69) is 15.6 Å². The number of ether oxygens (including phenoxy) is 1. The summed E-state index contributed by atoms with van der Waals surface area (Å²) < 4.78 is 5.37. The number of amides is 2. The smallest absolute Gasteiger partial charge is 0.426 e. The summed E-state index contributed by atoms with van der Waals surface area (Å²) >= 11 is 0. The molecular weight excluding hydrogens is 435 g/mol. The third-order valence-corrected chi connectivity index (χ3v) is 5.51. The van der Waals surface area contributed by atoms with Gasteiger partial charge in [0.2, 0.25) is 11.8 Å². The topological polar surface area (TPSA) is 201 Å². The molecule has 0 bridgehead atoms. The highest BCUT2D eigenvalue weighted by Gasteiger charge is 2.32. The first kappa shape index (κ1) is 28.6. The summed E-state index contributed by atoms with van der Waals surface area (Å²) in [5, 5.41) is 34.2. The van der Waals surface area contributed by atoms with Crippen LogP contribution in [-0.2, 0) is 14.3 Å². The minimum absolute atomic E-state index is 0.00635. The van der Waals surface area contributed by atoms with E-state index in [-0.39, 0.29) is 42.8 Å². The van der Waals surface area contributed by atoms with Crippen LogP contribution in [0.4, 0.5) is 0 Å². The first-order valence-corrected chi connectivity index (χ1v) is 11.2. The molecule has 188 valence electrons. The van der Waals surface area contributed by atoms with E-state index in [9.17, 15) is 29.8 Å². The van der Waals surface area contributed by atoms with Crippen LogP contribution in [0.2, 0.25) is 0 Å². The van der Waals surface area contributed by atoms with E-state index in [1.54, 1.807) is 12.5 Å². The quantitative estimate of drug-likeness (QED) is 0.0490. The van der Waals surface area contributed by atoms with Crippen molar-refractivity contribution in [1.82, 2.24) is 16.1 Å². The minimum atomic E-state index is -1.74. The Morgan fingerprint density at radius 2 is 2.00 bits per heavy atom. The number of nitrogens with two attached hydrogens (primary N) is 1. The summed E-state index contributed by atoms with van der Waals surface area (Å²) in [6.45, 7) is 3.87. The Kier molecular flexibility index (Phi) is 12.7. The molecule has 0 aliphatic heterocycles. The highest BCUT2D eigenvalue weighted by Crippen LogP contribution is 2.26. The number of nitrogens with zero attached hydrogens (tertiary/aromatic N) is 2. The van der Waals surface area contributed by atoms with Crippen LogP contribution in [0.3, 0.4) is 0 Å². The summed E-state index contributed by atoms with van der Waals surface area (Å²) in [6.07, 6.45) is 3.81. The molecule has 0 saturated heterocycles. The lowest BCUT2D eigenvalue weighted by molar-refractivity contribution is -0.525. The maximum absolute atomic E-state index is 12.9. The Hall–Kier alpha value is -2.45. The second-order valence-electron chi connectivity index (χ2n) is 8.72. The highest BCUT2D eigenvalue weighted by atomic mass is 16.7. The molecular formula is C19H37BN6O7. The van der Waals surface area contributed by atoms with Gasteiger partial charge in [-0.15, -0.1) is 0 Å². The SMILES string of the molecule is COC1CCCC(C(=O)N[C@@H](CCCN=C(N)N[N+](=O)[O-])C(=O)N[C@@H](CC(C)C)B(O)O)C1. The number of guanidine groups is 1. The van der Waals surface area contributed by atoms with Crippen molar-refractivity contribution < 1.29 is 29.4 Å². The number of hydrogen-bond donors (Lipinski definition) is 6. The molecule has 1 aliphatic carbocycles. The number of rotatable bonds is 13. The average Bonchev–Trinajstić information content (AvgIpc) is 2.74. The van der Waals surface area contributed by atoms with Gasteiger partial charge in [0, 0.05) is 19.6 Å². The fraction of sp³-hybridized carbons (Fsp3) is 0.842. The lowest BCUT2D eigenvalue weighted by Crippen LogP contribution is -2.55. The van der Waals surface area contributed by atoms with Crippen molar-refractivity contribution in [3.8, 4) is 0 Å². The van der Waals surface area contributed by atoms with E-state index in [0.717, 1.165) is 12.8 Å². The molecule has 33 heavy (non-hydrogen) atoms. The number of nitrogens with one attached hydrogen (secondary N) is 3. The highest BCUT2D eigenvalue weighted by molar-refractivity contribution is 6.43. The average molecular weight is 472 g/mol. The molecule has 0 spiro atoms. The van der Waals surface area contributed by atoms with Gasteiger partial charge < -0.3 is 31.2 Å². The van der Waals surface area contributed by atoms with Crippen molar-refractivity contribution >= 4 is 24.9 Å². The van der Waals surface area contributed by atoms with Crippen LogP contribution < -0.4 is 21.8 Å². The van der Waals surface area contributed by atoms with Crippen LogP contribution in [-0.4, -0.2) is 71.7 Å². The molecule has 0 aromatic heterocycles. The molecule has 1 fully saturated rings. The van der Waals surface area contributed by atoms with E-state index < -0.39 is 30.0 Å². The second kappa shape index (κ2) is 14.7. The van der Waals surface area contributed by atoms with E-state index in [0.29, 0.717) is 25.7 Å². The summed E-state index contributed by atoms with van der Waals surface area (Å²) in [7, 11) is -0.137. The predicted octanol–water partition coefficient (Wildman–Crippen LogP) is -0.904. The van der Waals surface area contributed by atoms with Crippen LogP contribution >= 0.6 is 0 Å². The first-order valence-electron chi connectivity index (χ1n) is 11.2. The largest absolute Gasteiger partial charge is 0.475 e. The zero-order valence-corrected chi connectivity index (χ0v) is 19.5. The number of carbonyl (C=O) groups excluding carboxylic acids is 2. The Balaban J connectivity index is 2.82. The molecule has 0 aromatic rings. The number of carbonyl (C=O) groups is 2. The lowest BCUT2D eigenvalue weighted by atomic mass is 9.75. The van der Waals surface area contributed by atoms with Crippen LogP contribution in [0.1, 0.15) is 58.8 Å². The van der Waals surface area contributed by atoms with Crippen LogP contribution in [0, 0.1) is 22.0 Å². The van der Waals surface area contributed by atoms with Gasteiger partial charge in [-0.3, -0.25) is 9.59 Å². The maximum atomic E-state index is 12.9. The van der Waals surface area contributed by atoms with E-state index in [1.165, 1.54) is 0 Å². The molecule has 0 heterocycles. The van der Waals surface area contributed by atoms with Gasteiger partial charge in [0.05, 0.1) is 12.0 Å². The van der Waals surface area contributed by atoms with Crippen LogP contribution in [0.15, 0.2) is 4.99 Å². The molecule has 1 aliphatic rings. The van der Waals surface area contributed by atoms with Gasteiger partial charge in [-0.1, -0.05) is 25.7 Å². The van der Waals surface area contributed by atoms with Gasteiger partial charge in [-0.05, 0) is 44.4 Å². The van der Waals surface area contributed by atoms with Crippen LogP contribution in [0.25, 0.3) is 0 Å².